The highest BCUT2D eigenvalue weighted by atomic mass is 79.9. The summed E-state index contributed by atoms with van der Waals surface area (Å²) in [5.74, 6) is 0.535. The van der Waals surface area contributed by atoms with Gasteiger partial charge in [-0.1, -0.05) is 0 Å². The average molecular weight is 291 g/mol. The Morgan fingerprint density at radius 1 is 1.50 bits per heavy atom. The second kappa shape index (κ2) is 4.59. The molecule has 1 atom stereocenters. The van der Waals surface area contributed by atoms with Gasteiger partial charge < -0.3 is 14.6 Å². The summed E-state index contributed by atoms with van der Waals surface area (Å²) in [7, 11) is 0. The molecule has 1 aliphatic heterocycles. The van der Waals surface area contributed by atoms with Crippen LogP contribution >= 0.6 is 15.9 Å². The van der Waals surface area contributed by atoms with Gasteiger partial charge in [0.15, 0.2) is 11.5 Å². The number of fused-ring (bicyclic) bond motifs is 1. The lowest BCUT2D eigenvalue weighted by molar-refractivity contribution is 0.161. The summed E-state index contributed by atoms with van der Waals surface area (Å²) in [6.45, 7) is 2.47. The van der Waals surface area contributed by atoms with Crippen LogP contribution < -0.4 is 9.47 Å². The van der Waals surface area contributed by atoms with Gasteiger partial charge in [-0.25, -0.2) is 4.39 Å². The molecule has 88 valence electrons. The molecule has 1 heterocycles. The molecule has 0 saturated carbocycles. The summed E-state index contributed by atoms with van der Waals surface area (Å²) in [4.78, 5) is 0. The van der Waals surface area contributed by atoms with E-state index in [2.05, 4.69) is 15.9 Å². The fraction of sp³-hybridized carbons (Fsp3) is 0.455. The maximum atomic E-state index is 13.9. The highest BCUT2D eigenvalue weighted by Crippen LogP contribution is 2.39. The predicted molar refractivity (Wildman–Crippen MR) is 60.5 cm³/mol. The molecule has 0 aromatic heterocycles. The summed E-state index contributed by atoms with van der Waals surface area (Å²) >= 11 is 3.12. The fourth-order valence-electron chi connectivity index (χ4n) is 1.68. The van der Waals surface area contributed by atoms with Gasteiger partial charge in [-0.05, 0) is 22.9 Å². The van der Waals surface area contributed by atoms with E-state index in [9.17, 15) is 9.50 Å². The summed E-state index contributed by atoms with van der Waals surface area (Å²) in [5, 5.41) is 9.34. The van der Waals surface area contributed by atoms with Gasteiger partial charge in [0.05, 0.1) is 10.6 Å². The maximum absolute atomic E-state index is 13.9. The van der Waals surface area contributed by atoms with Crippen LogP contribution in [0, 0.1) is 5.82 Å². The third kappa shape index (κ3) is 2.15. The summed E-state index contributed by atoms with van der Waals surface area (Å²) < 4.78 is 25.0. The quantitative estimate of drug-likeness (QED) is 0.908. The number of aliphatic hydroxyl groups excluding tert-OH is 1. The molecule has 5 heteroatoms. The van der Waals surface area contributed by atoms with E-state index in [0.717, 1.165) is 0 Å². The first kappa shape index (κ1) is 11.7. The number of aliphatic hydroxyl groups is 1. The Labute approximate surface area is 101 Å². The monoisotopic (exact) mass is 290 g/mol. The van der Waals surface area contributed by atoms with Crippen molar-refractivity contribution in [3.63, 3.8) is 0 Å². The molecule has 1 unspecified atom stereocenters. The number of hydrogen-bond acceptors (Lipinski definition) is 3. The molecule has 1 aliphatic rings. The van der Waals surface area contributed by atoms with E-state index >= 15 is 0 Å². The van der Waals surface area contributed by atoms with Crippen LogP contribution in [0.1, 0.15) is 12.5 Å². The van der Waals surface area contributed by atoms with Gasteiger partial charge in [0.25, 0.3) is 0 Å². The van der Waals surface area contributed by atoms with Crippen molar-refractivity contribution in [3.8, 4) is 11.5 Å². The predicted octanol–water partition coefficient (Wildman–Crippen LogP) is 2.28. The third-order valence-electron chi connectivity index (χ3n) is 2.32. The molecule has 0 amide bonds. The van der Waals surface area contributed by atoms with Crippen molar-refractivity contribution in [2.45, 2.75) is 19.4 Å². The van der Waals surface area contributed by atoms with E-state index in [1.54, 1.807) is 13.0 Å². The van der Waals surface area contributed by atoms with Crippen LogP contribution in [0.4, 0.5) is 4.39 Å². The second-order valence-corrected chi connectivity index (χ2v) is 4.58. The van der Waals surface area contributed by atoms with Crippen molar-refractivity contribution in [2.24, 2.45) is 0 Å². The van der Waals surface area contributed by atoms with E-state index in [4.69, 9.17) is 9.47 Å². The molecule has 0 radical (unpaired) electrons. The Morgan fingerprint density at radius 3 is 2.88 bits per heavy atom. The van der Waals surface area contributed by atoms with Crippen LogP contribution in [0.15, 0.2) is 10.5 Å². The lowest BCUT2D eigenvalue weighted by Crippen LogP contribution is -2.19. The van der Waals surface area contributed by atoms with Gasteiger partial charge >= 0.3 is 0 Å². The number of ether oxygens (including phenoxy) is 2. The van der Waals surface area contributed by atoms with Crippen LogP contribution in [0.3, 0.4) is 0 Å². The lowest BCUT2D eigenvalue weighted by Gasteiger charge is -2.22. The first-order valence-corrected chi connectivity index (χ1v) is 5.83. The number of halogens is 2. The van der Waals surface area contributed by atoms with Crippen molar-refractivity contribution >= 4 is 15.9 Å². The molecule has 1 aromatic carbocycles. The average Bonchev–Trinajstić information content (AvgIpc) is 2.24. The highest BCUT2D eigenvalue weighted by molar-refractivity contribution is 9.10. The van der Waals surface area contributed by atoms with Crippen LogP contribution in [-0.4, -0.2) is 24.4 Å². The molecule has 0 aliphatic carbocycles. The molecule has 1 aromatic rings. The Morgan fingerprint density at radius 2 is 2.19 bits per heavy atom. The molecule has 1 N–H and O–H groups in total. The van der Waals surface area contributed by atoms with E-state index in [1.807, 2.05) is 0 Å². The Hall–Kier alpha value is -0.810. The highest BCUT2D eigenvalue weighted by Gasteiger charge is 2.23. The first-order valence-electron chi connectivity index (χ1n) is 5.04. The van der Waals surface area contributed by atoms with E-state index in [-0.39, 0.29) is 6.42 Å². The van der Waals surface area contributed by atoms with Crippen LogP contribution in [0.2, 0.25) is 0 Å². The van der Waals surface area contributed by atoms with Crippen molar-refractivity contribution in [1.29, 1.82) is 0 Å². The summed E-state index contributed by atoms with van der Waals surface area (Å²) in [5.41, 5.74) is 0.360. The van der Waals surface area contributed by atoms with Gasteiger partial charge in [-0.15, -0.1) is 0 Å². The van der Waals surface area contributed by atoms with Gasteiger partial charge in [0, 0.05) is 18.1 Å². The minimum Gasteiger partial charge on any atom is -0.486 e. The summed E-state index contributed by atoms with van der Waals surface area (Å²) in [6.07, 6.45) is -0.421. The van der Waals surface area contributed by atoms with Crippen LogP contribution in [0.5, 0.6) is 11.5 Å². The minimum absolute atomic E-state index is 0.205. The van der Waals surface area contributed by atoms with E-state index in [1.165, 1.54) is 0 Å². The van der Waals surface area contributed by atoms with E-state index in [0.29, 0.717) is 34.7 Å². The standard InChI is InChI=1S/C11H12BrFO3/c1-6(14)4-7-10(13)8(12)5-9-11(7)16-3-2-15-9/h5-6,14H,2-4H2,1H3. The second-order valence-electron chi connectivity index (χ2n) is 3.73. The molecule has 0 bridgehead atoms. The third-order valence-corrected chi connectivity index (χ3v) is 2.89. The van der Waals surface area contributed by atoms with Gasteiger partial charge in [-0.2, -0.15) is 0 Å². The zero-order chi connectivity index (χ0) is 11.7. The van der Waals surface area contributed by atoms with E-state index < -0.39 is 11.9 Å². The first-order chi connectivity index (χ1) is 7.59. The van der Waals surface area contributed by atoms with Gasteiger partial charge in [-0.3, -0.25) is 0 Å². The Kier molecular flexibility index (Phi) is 3.35. The molecule has 0 fully saturated rings. The molecule has 0 saturated heterocycles. The molecule has 3 nitrogen and oxygen atoms in total. The molecule has 2 rings (SSSR count). The smallest absolute Gasteiger partial charge is 0.167 e. The lowest BCUT2D eigenvalue weighted by atomic mass is 10.1. The van der Waals surface area contributed by atoms with Crippen molar-refractivity contribution in [1.82, 2.24) is 0 Å². The number of benzene rings is 1. The Balaban J connectivity index is 2.50. The van der Waals surface area contributed by atoms with Gasteiger partial charge in [0.1, 0.15) is 19.0 Å². The fourth-order valence-corrected chi connectivity index (χ4v) is 2.12. The van der Waals surface area contributed by atoms with Crippen molar-refractivity contribution in [3.05, 3.63) is 21.9 Å². The van der Waals surface area contributed by atoms with Crippen LogP contribution in [-0.2, 0) is 6.42 Å². The minimum atomic E-state index is -0.626. The summed E-state index contributed by atoms with van der Waals surface area (Å²) in [6, 6.07) is 1.55. The Bertz CT molecular complexity index is 407. The number of rotatable bonds is 2. The SMILES string of the molecule is CC(O)Cc1c(F)c(Br)cc2c1OCCO2. The normalized spacial score (nSPS) is 16.0. The zero-order valence-electron chi connectivity index (χ0n) is 8.80. The maximum Gasteiger partial charge on any atom is 0.167 e. The van der Waals surface area contributed by atoms with Gasteiger partial charge in [0.2, 0.25) is 0 Å². The van der Waals surface area contributed by atoms with Crippen LogP contribution in [0.25, 0.3) is 0 Å². The van der Waals surface area contributed by atoms with Crippen molar-refractivity contribution in [2.75, 3.05) is 13.2 Å². The topological polar surface area (TPSA) is 38.7 Å². The number of hydrogen-bond donors (Lipinski definition) is 1. The molecule has 16 heavy (non-hydrogen) atoms. The largest absolute Gasteiger partial charge is 0.486 e. The molecule has 0 spiro atoms. The zero-order valence-corrected chi connectivity index (χ0v) is 10.4. The molecular formula is C11H12BrFO3. The van der Waals surface area contributed by atoms with Crippen molar-refractivity contribution < 1.29 is 19.0 Å². The molecular weight excluding hydrogens is 279 g/mol.